The van der Waals surface area contributed by atoms with E-state index in [1.165, 1.54) is 18.1 Å². The third-order valence-electron chi connectivity index (χ3n) is 2.95. The summed E-state index contributed by atoms with van der Waals surface area (Å²) >= 11 is 0. The SMILES string of the molecule is CC(=O)c1cc2cc(C)c(C)cc2cc1O. The molecule has 16 heavy (non-hydrogen) atoms. The molecule has 1 N–H and O–H groups in total. The maximum absolute atomic E-state index is 11.3. The number of hydrogen-bond acceptors (Lipinski definition) is 2. The van der Waals surface area contributed by atoms with Crippen molar-refractivity contribution in [3.8, 4) is 5.75 Å². The van der Waals surface area contributed by atoms with Crippen molar-refractivity contribution in [2.45, 2.75) is 20.8 Å². The first-order chi connectivity index (χ1) is 7.49. The second kappa shape index (κ2) is 3.63. The summed E-state index contributed by atoms with van der Waals surface area (Å²) in [4.78, 5) is 11.3. The lowest BCUT2D eigenvalue weighted by atomic mass is 9.99. The van der Waals surface area contributed by atoms with Gasteiger partial charge < -0.3 is 5.11 Å². The van der Waals surface area contributed by atoms with Gasteiger partial charge in [0.15, 0.2) is 5.78 Å². The lowest BCUT2D eigenvalue weighted by Crippen LogP contribution is -1.93. The first-order valence-corrected chi connectivity index (χ1v) is 5.24. The van der Waals surface area contributed by atoms with Crippen LogP contribution in [-0.2, 0) is 0 Å². The molecule has 0 unspecified atom stereocenters. The zero-order valence-electron chi connectivity index (χ0n) is 9.66. The Morgan fingerprint density at radius 3 is 2.00 bits per heavy atom. The highest BCUT2D eigenvalue weighted by Crippen LogP contribution is 2.27. The molecule has 2 rings (SSSR count). The van der Waals surface area contributed by atoms with Crippen molar-refractivity contribution in [2.75, 3.05) is 0 Å². The second-order valence-corrected chi connectivity index (χ2v) is 4.21. The highest BCUT2D eigenvalue weighted by Gasteiger charge is 2.08. The fourth-order valence-electron chi connectivity index (χ4n) is 1.85. The molecule has 0 fully saturated rings. The molecule has 0 spiro atoms. The lowest BCUT2D eigenvalue weighted by molar-refractivity contribution is 0.101. The minimum Gasteiger partial charge on any atom is -0.507 e. The van der Waals surface area contributed by atoms with Crippen molar-refractivity contribution in [1.29, 1.82) is 0 Å². The number of benzene rings is 2. The fraction of sp³-hybridized carbons (Fsp3) is 0.214. The number of aryl methyl sites for hydroxylation is 2. The summed E-state index contributed by atoms with van der Waals surface area (Å²) in [6.45, 7) is 5.53. The van der Waals surface area contributed by atoms with Crippen molar-refractivity contribution in [3.63, 3.8) is 0 Å². The number of phenolic OH excluding ortho intramolecular Hbond substituents is 1. The molecule has 0 atom stereocenters. The molecule has 2 aromatic rings. The highest BCUT2D eigenvalue weighted by atomic mass is 16.3. The molecule has 0 amide bonds. The topological polar surface area (TPSA) is 37.3 Å². The van der Waals surface area contributed by atoms with Gasteiger partial charge in [0, 0.05) is 0 Å². The van der Waals surface area contributed by atoms with Gasteiger partial charge in [0.05, 0.1) is 5.56 Å². The normalized spacial score (nSPS) is 10.7. The summed E-state index contributed by atoms with van der Waals surface area (Å²) in [5, 5.41) is 11.7. The molecule has 0 aliphatic carbocycles. The number of fused-ring (bicyclic) bond motifs is 1. The Morgan fingerprint density at radius 2 is 1.50 bits per heavy atom. The van der Waals surface area contributed by atoms with E-state index in [2.05, 4.69) is 0 Å². The number of carbonyl (C=O) groups excluding carboxylic acids is 1. The average molecular weight is 214 g/mol. The molecule has 2 aromatic carbocycles. The van der Waals surface area contributed by atoms with Gasteiger partial charge in [-0.15, -0.1) is 0 Å². The van der Waals surface area contributed by atoms with Crippen molar-refractivity contribution >= 4 is 16.6 Å². The van der Waals surface area contributed by atoms with Crippen LogP contribution in [0.2, 0.25) is 0 Å². The molecule has 0 radical (unpaired) electrons. The molecule has 0 heterocycles. The Balaban J connectivity index is 2.79. The van der Waals surface area contributed by atoms with Crippen LogP contribution in [0, 0.1) is 13.8 Å². The van der Waals surface area contributed by atoms with Crippen LogP contribution in [0.5, 0.6) is 5.75 Å². The predicted octanol–water partition coefficient (Wildman–Crippen LogP) is 3.36. The molecule has 0 aliphatic rings. The smallest absolute Gasteiger partial charge is 0.163 e. The van der Waals surface area contributed by atoms with Crippen molar-refractivity contribution in [3.05, 3.63) is 41.0 Å². The van der Waals surface area contributed by atoms with Crippen molar-refractivity contribution < 1.29 is 9.90 Å². The molecule has 0 saturated carbocycles. The molecule has 82 valence electrons. The van der Waals surface area contributed by atoms with E-state index in [0.717, 1.165) is 10.8 Å². The van der Waals surface area contributed by atoms with E-state index in [9.17, 15) is 9.90 Å². The number of hydrogen-bond donors (Lipinski definition) is 1. The van der Waals surface area contributed by atoms with Gasteiger partial charge in [0.25, 0.3) is 0 Å². The van der Waals surface area contributed by atoms with Gasteiger partial charge in [-0.25, -0.2) is 0 Å². The Kier molecular flexibility index (Phi) is 2.43. The van der Waals surface area contributed by atoms with E-state index < -0.39 is 0 Å². The lowest BCUT2D eigenvalue weighted by Gasteiger charge is -2.07. The predicted molar refractivity (Wildman–Crippen MR) is 65.1 cm³/mol. The maximum Gasteiger partial charge on any atom is 0.163 e. The first kappa shape index (κ1) is 10.7. The van der Waals surface area contributed by atoms with E-state index >= 15 is 0 Å². The van der Waals surface area contributed by atoms with E-state index in [-0.39, 0.29) is 11.5 Å². The van der Waals surface area contributed by atoms with Crippen LogP contribution in [0.25, 0.3) is 10.8 Å². The Morgan fingerprint density at radius 1 is 1.00 bits per heavy atom. The Hall–Kier alpha value is -1.83. The number of phenols is 1. The summed E-state index contributed by atoms with van der Waals surface area (Å²) in [6.07, 6.45) is 0. The van der Waals surface area contributed by atoms with Crippen LogP contribution >= 0.6 is 0 Å². The summed E-state index contributed by atoms with van der Waals surface area (Å²) in [6, 6.07) is 7.46. The average Bonchev–Trinajstić information content (AvgIpc) is 2.19. The number of carbonyl (C=O) groups is 1. The molecular formula is C14H14O2. The van der Waals surface area contributed by atoms with E-state index in [1.807, 2.05) is 26.0 Å². The second-order valence-electron chi connectivity index (χ2n) is 4.21. The zero-order chi connectivity index (χ0) is 11.9. The first-order valence-electron chi connectivity index (χ1n) is 5.24. The molecular weight excluding hydrogens is 200 g/mol. The molecule has 2 nitrogen and oxygen atoms in total. The van der Waals surface area contributed by atoms with Gasteiger partial charge >= 0.3 is 0 Å². The van der Waals surface area contributed by atoms with E-state index in [1.54, 1.807) is 12.1 Å². The molecule has 0 saturated heterocycles. The number of ketones is 1. The van der Waals surface area contributed by atoms with Crippen LogP contribution in [0.15, 0.2) is 24.3 Å². The minimum atomic E-state index is -0.113. The third kappa shape index (κ3) is 1.67. The van der Waals surface area contributed by atoms with Crippen LogP contribution in [0.3, 0.4) is 0 Å². The number of aromatic hydroxyl groups is 1. The highest BCUT2D eigenvalue weighted by molar-refractivity contribution is 6.01. The van der Waals surface area contributed by atoms with Crippen LogP contribution in [0.4, 0.5) is 0 Å². The van der Waals surface area contributed by atoms with E-state index in [4.69, 9.17) is 0 Å². The maximum atomic E-state index is 11.3. The third-order valence-corrected chi connectivity index (χ3v) is 2.95. The molecule has 2 heteroatoms. The summed E-state index contributed by atoms with van der Waals surface area (Å²) in [5.74, 6) is -0.0547. The summed E-state index contributed by atoms with van der Waals surface area (Å²) in [5.41, 5.74) is 2.76. The quantitative estimate of drug-likeness (QED) is 0.739. The molecule has 0 bridgehead atoms. The summed E-state index contributed by atoms with van der Waals surface area (Å²) in [7, 11) is 0. The van der Waals surface area contributed by atoms with Crippen LogP contribution in [-0.4, -0.2) is 10.9 Å². The van der Waals surface area contributed by atoms with Gasteiger partial charge in [-0.2, -0.15) is 0 Å². The van der Waals surface area contributed by atoms with E-state index in [0.29, 0.717) is 5.56 Å². The van der Waals surface area contributed by atoms with Gasteiger partial charge in [-0.3, -0.25) is 4.79 Å². The Labute approximate surface area is 94.5 Å². The number of rotatable bonds is 1. The van der Waals surface area contributed by atoms with Crippen molar-refractivity contribution in [1.82, 2.24) is 0 Å². The van der Waals surface area contributed by atoms with Gasteiger partial charge in [-0.05, 0) is 54.8 Å². The van der Waals surface area contributed by atoms with Gasteiger partial charge in [0.2, 0.25) is 0 Å². The monoisotopic (exact) mass is 214 g/mol. The largest absolute Gasteiger partial charge is 0.507 e. The zero-order valence-corrected chi connectivity index (χ0v) is 9.66. The van der Waals surface area contributed by atoms with Gasteiger partial charge in [-0.1, -0.05) is 12.1 Å². The van der Waals surface area contributed by atoms with Crippen molar-refractivity contribution in [2.24, 2.45) is 0 Å². The van der Waals surface area contributed by atoms with Gasteiger partial charge in [0.1, 0.15) is 5.75 Å². The summed E-state index contributed by atoms with van der Waals surface area (Å²) < 4.78 is 0. The standard InChI is InChI=1S/C14H14O2/c1-8-4-11-6-13(10(3)15)14(16)7-12(11)5-9(8)2/h4-7,16H,1-3H3. The fourth-order valence-corrected chi connectivity index (χ4v) is 1.85. The minimum absolute atomic E-state index is 0.0586. The van der Waals surface area contributed by atoms with Crippen LogP contribution < -0.4 is 0 Å². The number of Topliss-reactive ketones (excluding diaryl/α,β-unsaturated/α-hetero) is 1. The van der Waals surface area contributed by atoms with Crippen LogP contribution in [0.1, 0.15) is 28.4 Å². The Bertz CT molecular complexity index is 583. The molecule has 0 aromatic heterocycles. The molecule has 0 aliphatic heterocycles.